The molecular weight excluding hydrogens is 260 g/mol. The molecule has 3 rings (SSSR count). The molecule has 0 bridgehead atoms. The van der Waals surface area contributed by atoms with Crippen molar-refractivity contribution in [3.05, 3.63) is 65.9 Å². The van der Waals surface area contributed by atoms with Crippen LogP contribution in [-0.4, -0.2) is 18.6 Å². The molecule has 108 valence electrons. The molecule has 3 aromatic rings. The van der Waals surface area contributed by atoms with Crippen molar-refractivity contribution >= 4 is 10.9 Å². The molecule has 0 aliphatic rings. The van der Waals surface area contributed by atoms with E-state index in [9.17, 15) is 0 Å². The van der Waals surface area contributed by atoms with Crippen LogP contribution in [0.15, 0.2) is 54.7 Å². The lowest BCUT2D eigenvalue weighted by Crippen LogP contribution is -2.16. The first kappa shape index (κ1) is 13.7. The summed E-state index contributed by atoms with van der Waals surface area (Å²) in [4.78, 5) is 3.32. The van der Waals surface area contributed by atoms with Crippen molar-refractivity contribution in [3.8, 4) is 5.75 Å². The Labute approximate surface area is 125 Å². The van der Waals surface area contributed by atoms with E-state index in [1.165, 1.54) is 22.0 Å². The summed E-state index contributed by atoms with van der Waals surface area (Å²) in [6.07, 6.45) is 3.14. The van der Waals surface area contributed by atoms with Gasteiger partial charge in [-0.25, -0.2) is 0 Å². The number of benzene rings is 2. The molecule has 3 heteroatoms. The third-order valence-electron chi connectivity index (χ3n) is 3.73. The highest BCUT2D eigenvalue weighted by molar-refractivity contribution is 5.83. The van der Waals surface area contributed by atoms with Crippen LogP contribution in [0.25, 0.3) is 10.9 Å². The maximum atomic E-state index is 5.16. The highest BCUT2D eigenvalue weighted by atomic mass is 16.5. The third-order valence-corrected chi connectivity index (χ3v) is 3.73. The Morgan fingerprint density at radius 3 is 2.67 bits per heavy atom. The minimum atomic E-state index is 0.881. The molecular formula is C18H20N2O. The first-order valence-electron chi connectivity index (χ1n) is 7.25. The average molecular weight is 280 g/mol. The van der Waals surface area contributed by atoms with Crippen molar-refractivity contribution in [1.29, 1.82) is 0 Å². The molecule has 0 unspecified atom stereocenters. The Hall–Kier alpha value is -2.26. The molecule has 1 heterocycles. The summed E-state index contributed by atoms with van der Waals surface area (Å²) in [6, 6.07) is 16.6. The lowest BCUT2D eigenvalue weighted by molar-refractivity contribution is 0.414. The van der Waals surface area contributed by atoms with Gasteiger partial charge in [0.25, 0.3) is 0 Å². The molecule has 1 aromatic heterocycles. The summed E-state index contributed by atoms with van der Waals surface area (Å²) in [5, 5.41) is 4.81. The number of H-pyrrole nitrogens is 1. The van der Waals surface area contributed by atoms with Gasteiger partial charge in [-0.3, -0.25) is 0 Å². The van der Waals surface area contributed by atoms with Crippen molar-refractivity contribution in [2.24, 2.45) is 0 Å². The molecule has 2 aromatic carbocycles. The van der Waals surface area contributed by atoms with Gasteiger partial charge in [0.1, 0.15) is 5.75 Å². The number of hydrogen-bond donors (Lipinski definition) is 2. The van der Waals surface area contributed by atoms with Crippen molar-refractivity contribution in [1.82, 2.24) is 10.3 Å². The van der Waals surface area contributed by atoms with Gasteiger partial charge in [-0.1, -0.05) is 30.3 Å². The van der Waals surface area contributed by atoms with Gasteiger partial charge in [0.05, 0.1) is 7.11 Å². The maximum Gasteiger partial charge on any atom is 0.118 e. The summed E-state index contributed by atoms with van der Waals surface area (Å²) in [5.41, 5.74) is 3.85. The maximum absolute atomic E-state index is 5.16. The number of para-hydroxylation sites is 1. The molecule has 3 nitrogen and oxygen atoms in total. The normalized spacial score (nSPS) is 10.9. The highest BCUT2D eigenvalue weighted by Crippen LogP contribution is 2.17. The van der Waals surface area contributed by atoms with Crippen LogP contribution in [-0.2, 0) is 13.0 Å². The van der Waals surface area contributed by atoms with E-state index in [0.29, 0.717) is 0 Å². The molecule has 0 amide bonds. The number of hydrogen-bond acceptors (Lipinski definition) is 2. The van der Waals surface area contributed by atoms with Crippen molar-refractivity contribution in [2.45, 2.75) is 13.0 Å². The summed E-state index contributed by atoms with van der Waals surface area (Å²) >= 11 is 0. The number of nitrogens with one attached hydrogen (secondary N) is 2. The average Bonchev–Trinajstić information content (AvgIpc) is 2.95. The fourth-order valence-corrected chi connectivity index (χ4v) is 2.54. The fourth-order valence-electron chi connectivity index (χ4n) is 2.54. The van der Waals surface area contributed by atoms with Crippen molar-refractivity contribution in [3.63, 3.8) is 0 Å². The lowest BCUT2D eigenvalue weighted by Gasteiger charge is -2.06. The Morgan fingerprint density at radius 2 is 1.86 bits per heavy atom. The molecule has 0 saturated carbocycles. The number of methoxy groups -OCH3 is 1. The SMILES string of the molecule is COc1ccc(CNCCc2c[nH]c3ccccc23)cc1. The van der Waals surface area contributed by atoms with Crippen molar-refractivity contribution < 1.29 is 4.74 Å². The molecule has 0 aliphatic carbocycles. The summed E-state index contributed by atoms with van der Waals surface area (Å²) < 4.78 is 5.16. The number of rotatable bonds is 6. The van der Waals surface area contributed by atoms with Gasteiger partial charge in [-0.05, 0) is 42.3 Å². The zero-order valence-electron chi connectivity index (χ0n) is 12.2. The third kappa shape index (κ3) is 3.26. The van der Waals surface area contributed by atoms with E-state index in [0.717, 1.165) is 25.3 Å². The van der Waals surface area contributed by atoms with Crippen LogP contribution < -0.4 is 10.1 Å². The van der Waals surface area contributed by atoms with E-state index in [1.54, 1.807) is 7.11 Å². The Bertz CT molecular complexity index is 701. The van der Waals surface area contributed by atoms with Gasteiger partial charge < -0.3 is 15.0 Å². The standard InChI is InChI=1S/C18H20N2O/c1-21-16-8-6-14(7-9-16)12-19-11-10-15-13-20-18-5-3-2-4-17(15)18/h2-9,13,19-20H,10-12H2,1H3. The van der Waals surface area contributed by atoms with Gasteiger partial charge in [-0.2, -0.15) is 0 Å². The molecule has 0 spiro atoms. The zero-order chi connectivity index (χ0) is 14.5. The second kappa shape index (κ2) is 6.46. The molecule has 0 aliphatic heterocycles. The van der Waals surface area contributed by atoms with Crippen LogP contribution >= 0.6 is 0 Å². The Balaban J connectivity index is 1.51. The summed E-state index contributed by atoms with van der Waals surface area (Å²) in [7, 11) is 1.69. The molecule has 21 heavy (non-hydrogen) atoms. The largest absolute Gasteiger partial charge is 0.497 e. The Kier molecular flexibility index (Phi) is 4.22. The molecule has 0 saturated heterocycles. The van der Waals surface area contributed by atoms with E-state index in [-0.39, 0.29) is 0 Å². The van der Waals surface area contributed by atoms with Crippen LogP contribution in [0.3, 0.4) is 0 Å². The second-order valence-electron chi connectivity index (χ2n) is 5.13. The van der Waals surface area contributed by atoms with Crippen LogP contribution in [0.1, 0.15) is 11.1 Å². The monoisotopic (exact) mass is 280 g/mol. The highest BCUT2D eigenvalue weighted by Gasteiger charge is 2.02. The van der Waals surface area contributed by atoms with E-state index in [1.807, 2.05) is 12.1 Å². The topological polar surface area (TPSA) is 37.0 Å². The predicted octanol–water partition coefficient (Wildman–Crippen LogP) is 3.51. The molecule has 0 atom stereocenters. The van der Waals surface area contributed by atoms with Gasteiger partial charge in [0.15, 0.2) is 0 Å². The smallest absolute Gasteiger partial charge is 0.118 e. The molecule has 0 fully saturated rings. The first-order valence-corrected chi connectivity index (χ1v) is 7.25. The van der Waals surface area contributed by atoms with E-state index >= 15 is 0 Å². The molecule has 2 N–H and O–H groups in total. The van der Waals surface area contributed by atoms with Crippen molar-refractivity contribution in [2.75, 3.05) is 13.7 Å². The van der Waals surface area contributed by atoms with Crippen LogP contribution in [0, 0.1) is 0 Å². The fraction of sp³-hybridized carbons (Fsp3) is 0.222. The van der Waals surface area contributed by atoms with Gasteiger partial charge >= 0.3 is 0 Å². The van der Waals surface area contributed by atoms with Gasteiger partial charge in [0.2, 0.25) is 0 Å². The lowest BCUT2D eigenvalue weighted by atomic mass is 10.1. The number of aromatic nitrogens is 1. The van der Waals surface area contributed by atoms with Crippen LogP contribution in [0.4, 0.5) is 0 Å². The van der Waals surface area contributed by atoms with E-state index < -0.39 is 0 Å². The summed E-state index contributed by atoms with van der Waals surface area (Å²) in [6.45, 7) is 1.85. The minimum Gasteiger partial charge on any atom is -0.497 e. The van der Waals surface area contributed by atoms with Crippen LogP contribution in [0.2, 0.25) is 0 Å². The first-order chi connectivity index (χ1) is 10.4. The van der Waals surface area contributed by atoms with Crippen LogP contribution in [0.5, 0.6) is 5.75 Å². The van der Waals surface area contributed by atoms with E-state index in [2.05, 4.69) is 52.9 Å². The predicted molar refractivity (Wildman–Crippen MR) is 86.7 cm³/mol. The Morgan fingerprint density at radius 1 is 1.05 bits per heavy atom. The van der Waals surface area contributed by atoms with Gasteiger partial charge in [0, 0.05) is 23.6 Å². The number of aromatic amines is 1. The zero-order valence-corrected chi connectivity index (χ0v) is 12.2. The van der Waals surface area contributed by atoms with Gasteiger partial charge in [-0.15, -0.1) is 0 Å². The van der Waals surface area contributed by atoms with E-state index in [4.69, 9.17) is 4.74 Å². The summed E-state index contributed by atoms with van der Waals surface area (Å²) in [5.74, 6) is 0.901. The quantitative estimate of drug-likeness (QED) is 0.678. The number of fused-ring (bicyclic) bond motifs is 1. The molecule has 0 radical (unpaired) electrons. The second-order valence-corrected chi connectivity index (χ2v) is 5.13. The minimum absolute atomic E-state index is 0.881. The number of ether oxygens (including phenoxy) is 1.